The third kappa shape index (κ3) is 2.57. The summed E-state index contributed by atoms with van der Waals surface area (Å²) in [6.07, 6.45) is 3.39. The quantitative estimate of drug-likeness (QED) is 0.779. The first-order chi connectivity index (χ1) is 5.74. The lowest BCUT2D eigenvalue weighted by atomic mass is 9.99. The van der Waals surface area contributed by atoms with Gasteiger partial charge in [0, 0.05) is 17.5 Å². The van der Waals surface area contributed by atoms with E-state index in [0.29, 0.717) is 5.92 Å². The van der Waals surface area contributed by atoms with Crippen LogP contribution in [-0.4, -0.2) is 16.2 Å². The molecule has 0 amide bonds. The summed E-state index contributed by atoms with van der Waals surface area (Å²) in [5.41, 5.74) is 1.80. The van der Waals surface area contributed by atoms with Gasteiger partial charge in [-0.05, 0) is 5.92 Å². The summed E-state index contributed by atoms with van der Waals surface area (Å²) in [6.45, 7) is 4.17. The van der Waals surface area contributed by atoms with Crippen molar-refractivity contribution in [2.24, 2.45) is 5.92 Å². The highest BCUT2D eigenvalue weighted by molar-refractivity contribution is 7.09. The molecule has 3 heteroatoms. The zero-order valence-corrected chi connectivity index (χ0v) is 8.34. The van der Waals surface area contributed by atoms with E-state index < -0.39 is 0 Å². The predicted octanol–water partition coefficient (Wildman–Crippen LogP) is 2.09. The van der Waals surface area contributed by atoms with Gasteiger partial charge in [-0.1, -0.05) is 20.3 Å². The van der Waals surface area contributed by atoms with Gasteiger partial charge in [-0.2, -0.15) is 0 Å². The second-order valence-electron chi connectivity index (χ2n) is 3.12. The Balaban J connectivity index is 2.41. The van der Waals surface area contributed by atoms with Crippen LogP contribution in [0.15, 0.2) is 11.7 Å². The highest BCUT2D eigenvalue weighted by Crippen LogP contribution is 2.15. The Labute approximate surface area is 77.3 Å². The van der Waals surface area contributed by atoms with Crippen LogP contribution >= 0.6 is 11.3 Å². The van der Waals surface area contributed by atoms with E-state index >= 15 is 0 Å². The normalized spacial score (nSPS) is 15.9. The zero-order valence-electron chi connectivity index (χ0n) is 7.53. The summed E-state index contributed by atoms with van der Waals surface area (Å²) in [4.78, 5) is 5.14. The number of rotatable bonds is 4. The summed E-state index contributed by atoms with van der Waals surface area (Å²) in [6, 6.07) is 0. The summed E-state index contributed by atoms with van der Waals surface area (Å²) < 4.78 is 0. The first-order valence-corrected chi connectivity index (χ1v) is 5.17. The molecule has 0 saturated heterocycles. The van der Waals surface area contributed by atoms with E-state index in [1.165, 1.54) is 4.88 Å². The molecule has 0 aliphatic rings. The Morgan fingerprint density at radius 2 is 2.42 bits per heavy atom. The van der Waals surface area contributed by atoms with E-state index in [0.717, 1.165) is 12.8 Å². The monoisotopic (exact) mass is 185 g/mol. The molecule has 1 heterocycles. The second-order valence-corrected chi connectivity index (χ2v) is 4.10. The fraction of sp³-hybridized carbons (Fsp3) is 0.667. The Hall–Kier alpha value is -0.410. The van der Waals surface area contributed by atoms with E-state index in [-0.39, 0.29) is 6.10 Å². The smallest absolute Gasteiger partial charge is 0.0794 e. The highest BCUT2D eigenvalue weighted by Gasteiger charge is 2.13. The van der Waals surface area contributed by atoms with Gasteiger partial charge in [-0.25, -0.2) is 0 Å². The van der Waals surface area contributed by atoms with Gasteiger partial charge in [0.05, 0.1) is 11.6 Å². The fourth-order valence-corrected chi connectivity index (χ4v) is 1.67. The highest BCUT2D eigenvalue weighted by atomic mass is 32.1. The van der Waals surface area contributed by atoms with Crippen LogP contribution in [0.5, 0.6) is 0 Å². The van der Waals surface area contributed by atoms with Gasteiger partial charge in [-0.3, -0.25) is 4.98 Å². The number of hydrogen-bond donors (Lipinski definition) is 1. The molecule has 0 fully saturated rings. The predicted molar refractivity (Wildman–Crippen MR) is 51.3 cm³/mol. The van der Waals surface area contributed by atoms with Crippen molar-refractivity contribution < 1.29 is 5.11 Å². The van der Waals surface area contributed by atoms with Crippen molar-refractivity contribution in [1.29, 1.82) is 0 Å². The molecule has 0 aromatic carbocycles. The molecule has 1 N–H and O–H groups in total. The Bertz CT molecular complexity index is 210. The van der Waals surface area contributed by atoms with E-state index in [9.17, 15) is 5.11 Å². The van der Waals surface area contributed by atoms with Gasteiger partial charge in [0.2, 0.25) is 0 Å². The molecule has 1 rings (SSSR count). The van der Waals surface area contributed by atoms with Gasteiger partial charge in [0.1, 0.15) is 0 Å². The van der Waals surface area contributed by atoms with Crippen LogP contribution in [-0.2, 0) is 6.42 Å². The average Bonchev–Trinajstić information content (AvgIpc) is 2.55. The molecule has 12 heavy (non-hydrogen) atoms. The van der Waals surface area contributed by atoms with Crippen LogP contribution < -0.4 is 0 Å². The largest absolute Gasteiger partial charge is 0.392 e. The first-order valence-electron chi connectivity index (χ1n) is 4.29. The standard InChI is InChI=1S/C9H15NOS/c1-3-7(2)9(11)4-8-5-10-6-12-8/h5-7,9,11H,3-4H2,1-2H3. The molecular formula is C9H15NOS. The maximum absolute atomic E-state index is 9.67. The van der Waals surface area contributed by atoms with Crippen molar-refractivity contribution in [3.05, 3.63) is 16.6 Å². The second kappa shape index (κ2) is 4.58. The minimum absolute atomic E-state index is 0.213. The van der Waals surface area contributed by atoms with Gasteiger partial charge in [-0.15, -0.1) is 11.3 Å². The lowest BCUT2D eigenvalue weighted by Crippen LogP contribution is -2.18. The molecular weight excluding hydrogens is 170 g/mol. The van der Waals surface area contributed by atoms with Crippen LogP contribution in [0.4, 0.5) is 0 Å². The third-order valence-electron chi connectivity index (χ3n) is 2.19. The number of aliphatic hydroxyl groups is 1. The zero-order chi connectivity index (χ0) is 8.97. The number of aromatic nitrogens is 1. The van der Waals surface area contributed by atoms with Crippen LogP contribution in [0, 0.1) is 5.92 Å². The summed E-state index contributed by atoms with van der Waals surface area (Å²) >= 11 is 1.61. The maximum atomic E-state index is 9.67. The SMILES string of the molecule is CCC(C)C(O)Cc1cncs1. The van der Waals surface area contributed by atoms with Crippen molar-refractivity contribution in [1.82, 2.24) is 4.98 Å². The average molecular weight is 185 g/mol. The molecule has 1 aromatic heterocycles. The van der Waals surface area contributed by atoms with Crippen molar-refractivity contribution in [3.8, 4) is 0 Å². The lowest BCUT2D eigenvalue weighted by molar-refractivity contribution is 0.115. The summed E-state index contributed by atoms with van der Waals surface area (Å²) in [5, 5.41) is 9.67. The van der Waals surface area contributed by atoms with Crippen LogP contribution in [0.2, 0.25) is 0 Å². The fourth-order valence-electron chi connectivity index (χ4n) is 1.02. The van der Waals surface area contributed by atoms with Crippen molar-refractivity contribution >= 4 is 11.3 Å². The molecule has 0 spiro atoms. The van der Waals surface area contributed by atoms with Crippen molar-refractivity contribution in [2.45, 2.75) is 32.8 Å². The van der Waals surface area contributed by atoms with Crippen molar-refractivity contribution in [3.63, 3.8) is 0 Å². The molecule has 2 unspecified atom stereocenters. The molecule has 0 aliphatic heterocycles. The van der Waals surface area contributed by atoms with Gasteiger partial charge in [0.25, 0.3) is 0 Å². The number of nitrogens with zero attached hydrogens (tertiary/aromatic N) is 1. The summed E-state index contributed by atoms with van der Waals surface area (Å²) in [7, 11) is 0. The molecule has 2 nitrogen and oxygen atoms in total. The Morgan fingerprint density at radius 3 is 2.92 bits per heavy atom. The number of aliphatic hydroxyl groups excluding tert-OH is 1. The van der Waals surface area contributed by atoms with Gasteiger partial charge in [0.15, 0.2) is 0 Å². The first kappa shape index (κ1) is 9.68. The van der Waals surface area contributed by atoms with Crippen LogP contribution in [0.3, 0.4) is 0 Å². The van der Waals surface area contributed by atoms with E-state index in [2.05, 4.69) is 18.8 Å². The number of hydrogen-bond acceptors (Lipinski definition) is 3. The van der Waals surface area contributed by atoms with E-state index in [1.54, 1.807) is 16.8 Å². The molecule has 1 aromatic rings. The van der Waals surface area contributed by atoms with Crippen LogP contribution in [0.1, 0.15) is 25.1 Å². The molecule has 68 valence electrons. The van der Waals surface area contributed by atoms with E-state index in [1.807, 2.05) is 6.20 Å². The molecule has 0 saturated carbocycles. The van der Waals surface area contributed by atoms with Gasteiger partial charge >= 0.3 is 0 Å². The molecule has 0 radical (unpaired) electrons. The van der Waals surface area contributed by atoms with Crippen molar-refractivity contribution in [2.75, 3.05) is 0 Å². The Morgan fingerprint density at radius 1 is 1.67 bits per heavy atom. The van der Waals surface area contributed by atoms with E-state index in [4.69, 9.17) is 0 Å². The Kier molecular flexibility index (Phi) is 3.69. The van der Waals surface area contributed by atoms with Gasteiger partial charge < -0.3 is 5.11 Å². The summed E-state index contributed by atoms with van der Waals surface area (Å²) in [5.74, 6) is 0.382. The lowest BCUT2D eigenvalue weighted by Gasteiger charge is -2.15. The van der Waals surface area contributed by atoms with Crippen LogP contribution in [0.25, 0.3) is 0 Å². The number of thiazole rings is 1. The molecule has 0 aliphatic carbocycles. The molecule has 2 atom stereocenters. The minimum atomic E-state index is -0.213. The maximum Gasteiger partial charge on any atom is 0.0794 e. The topological polar surface area (TPSA) is 33.1 Å². The molecule has 0 bridgehead atoms. The third-order valence-corrected chi connectivity index (χ3v) is 3.00. The minimum Gasteiger partial charge on any atom is -0.392 e.